The van der Waals surface area contributed by atoms with E-state index in [9.17, 15) is 9.90 Å². The van der Waals surface area contributed by atoms with Gasteiger partial charge in [-0.25, -0.2) is 0 Å². The number of aryl methyl sites for hydroxylation is 1. The highest BCUT2D eigenvalue weighted by Crippen LogP contribution is 2.29. The summed E-state index contributed by atoms with van der Waals surface area (Å²) in [5.41, 5.74) is 2.53. The number of piperidine rings is 2. The van der Waals surface area contributed by atoms with Crippen LogP contribution in [-0.4, -0.2) is 58.2 Å². The molecule has 1 aromatic heterocycles. The van der Waals surface area contributed by atoms with Gasteiger partial charge in [-0.2, -0.15) is 15.0 Å². The molecule has 0 radical (unpaired) electrons. The number of amides is 1. The maximum Gasteiger partial charge on any atom is 0.255 e. The van der Waals surface area contributed by atoms with Crippen molar-refractivity contribution >= 4 is 47.5 Å². The van der Waals surface area contributed by atoms with E-state index in [2.05, 4.69) is 36.1 Å². The van der Waals surface area contributed by atoms with Crippen molar-refractivity contribution in [1.29, 1.82) is 0 Å². The van der Waals surface area contributed by atoms with Crippen LogP contribution in [0.5, 0.6) is 5.75 Å². The van der Waals surface area contributed by atoms with Crippen LogP contribution in [0.25, 0.3) is 0 Å². The summed E-state index contributed by atoms with van der Waals surface area (Å²) in [6, 6.07) is 12.6. The van der Waals surface area contributed by atoms with Gasteiger partial charge in [0.15, 0.2) is 0 Å². The van der Waals surface area contributed by atoms with Gasteiger partial charge < -0.3 is 43.6 Å². The Morgan fingerprint density at radius 2 is 1.65 bits per heavy atom. The van der Waals surface area contributed by atoms with Crippen LogP contribution in [0.1, 0.15) is 50.9 Å². The number of nitrogens with one attached hydrogen (secondary N) is 4. The normalized spacial score (nSPS) is 15.1. The van der Waals surface area contributed by atoms with Gasteiger partial charge in [0, 0.05) is 39.3 Å². The highest BCUT2D eigenvalue weighted by Gasteiger charge is 2.19. The number of hydrogen-bond donors (Lipinski definition) is 7. The molecule has 0 aliphatic carbocycles. The lowest BCUT2D eigenvalue weighted by Crippen LogP contribution is -2.36. The molecule has 2 aromatic carbocycles. The van der Waals surface area contributed by atoms with E-state index in [1.165, 1.54) is 6.42 Å². The monoisotopic (exact) mass is 576 g/mol. The first-order valence-corrected chi connectivity index (χ1v) is 13.0. The van der Waals surface area contributed by atoms with Gasteiger partial charge in [-0.3, -0.25) is 4.79 Å². The zero-order valence-electron chi connectivity index (χ0n) is 22.9. The van der Waals surface area contributed by atoms with Crippen LogP contribution in [0, 0.1) is 6.92 Å². The SMILES string of the molecule is Cc1ccc(C(=O)Nc2ccc(Nc3nc(NC4CCNCC4)nc(N4CCCCC4)n3)cc2O)cc1.Cl.N.N.[HH].[HH]. The molecule has 2 fully saturated rings. The van der Waals surface area contributed by atoms with Crippen molar-refractivity contribution in [2.75, 3.05) is 47.0 Å². The summed E-state index contributed by atoms with van der Waals surface area (Å²) < 4.78 is 0. The second-order valence-electron chi connectivity index (χ2n) is 9.68. The maximum atomic E-state index is 12.6. The highest BCUT2D eigenvalue weighted by atomic mass is 35.5. The second-order valence-corrected chi connectivity index (χ2v) is 9.68. The van der Waals surface area contributed by atoms with E-state index in [-0.39, 0.29) is 39.2 Å². The second kappa shape index (κ2) is 15.2. The molecule has 3 aromatic rings. The average molecular weight is 577 g/mol. The molecule has 222 valence electrons. The van der Waals surface area contributed by atoms with Gasteiger partial charge in [0.05, 0.1) is 5.69 Å². The van der Waals surface area contributed by atoms with E-state index in [0.29, 0.717) is 40.8 Å². The van der Waals surface area contributed by atoms with E-state index in [1.807, 2.05) is 19.1 Å². The Bertz CT molecular complexity index is 1240. The first-order valence-electron chi connectivity index (χ1n) is 13.0. The number of phenols is 1. The van der Waals surface area contributed by atoms with Gasteiger partial charge in [0.25, 0.3) is 5.91 Å². The number of anilines is 5. The first-order chi connectivity index (χ1) is 18.0. The number of rotatable bonds is 7. The van der Waals surface area contributed by atoms with Gasteiger partial charge in [0.1, 0.15) is 5.75 Å². The van der Waals surface area contributed by atoms with Crippen LogP contribution in [0.3, 0.4) is 0 Å². The van der Waals surface area contributed by atoms with Crippen molar-refractivity contribution < 1.29 is 12.8 Å². The molecule has 2 saturated heterocycles. The largest absolute Gasteiger partial charge is 0.506 e. The Labute approximate surface area is 244 Å². The topological polar surface area (TPSA) is 197 Å². The van der Waals surface area contributed by atoms with Crippen molar-refractivity contribution in [3.63, 3.8) is 0 Å². The summed E-state index contributed by atoms with van der Waals surface area (Å²) >= 11 is 0. The van der Waals surface area contributed by atoms with Crippen molar-refractivity contribution in [1.82, 2.24) is 32.6 Å². The first kappa shape index (κ1) is 32.5. The van der Waals surface area contributed by atoms with Gasteiger partial charge in [0.2, 0.25) is 17.8 Å². The third kappa shape index (κ3) is 8.39. The minimum atomic E-state index is -0.284. The van der Waals surface area contributed by atoms with E-state index in [4.69, 9.17) is 4.98 Å². The quantitative estimate of drug-likeness (QED) is 0.181. The molecule has 0 bridgehead atoms. The number of halogens is 1. The number of carbonyl (C=O) groups excluding carboxylic acids is 1. The van der Waals surface area contributed by atoms with Crippen LogP contribution in [0.2, 0.25) is 0 Å². The molecule has 3 heterocycles. The van der Waals surface area contributed by atoms with Gasteiger partial charge >= 0.3 is 0 Å². The Morgan fingerprint density at radius 1 is 0.975 bits per heavy atom. The predicted octanol–water partition coefficient (Wildman–Crippen LogP) is 5.27. The van der Waals surface area contributed by atoms with Crippen LogP contribution in [0.4, 0.5) is 29.2 Å². The van der Waals surface area contributed by atoms with Gasteiger partial charge in [-0.15, -0.1) is 12.4 Å². The average Bonchev–Trinajstić information content (AvgIpc) is 2.91. The lowest BCUT2D eigenvalue weighted by molar-refractivity contribution is 0.102. The predicted molar refractivity (Wildman–Crippen MR) is 167 cm³/mol. The summed E-state index contributed by atoms with van der Waals surface area (Å²) in [7, 11) is 0. The molecule has 2 aliphatic heterocycles. The third-order valence-electron chi connectivity index (χ3n) is 6.75. The van der Waals surface area contributed by atoms with Crippen LogP contribution < -0.4 is 38.5 Å². The Morgan fingerprint density at radius 3 is 2.33 bits per heavy atom. The van der Waals surface area contributed by atoms with Crippen molar-refractivity contribution in [3.8, 4) is 5.75 Å². The third-order valence-corrected chi connectivity index (χ3v) is 6.75. The number of nitrogens with zero attached hydrogens (tertiary/aromatic N) is 4. The fourth-order valence-corrected chi connectivity index (χ4v) is 4.61. The lowest BCUT2D eigenvalue weighted by atomic mass is 10.1. The fraction of sp³-hybridized carbons (Fsp3) is 0.407. The zero-order chi connectivity index (χ0) is 25.6. The molecule has 0 atom stereocenters. The van der Waals surface area contributed by atoms with Crippen LogP contribution in [-0.2, 0) is 0 Å². The molecular formula is C27H45ClN10O2. The van der Waals surface area contributed by atoms with Crippen molar-refractivity contribution in [3.05, 3.63) is 53.6 Å². The highest BCUT2D eigenvalue weighted by molar-refractivity contribution is 6.05. The molecule has 11 N–H and O–H groups in total. The van der Waals surface area contributed by atoms with E-state index < -0.39 is 0 Å². The molecule has 2 aliphatic rings. The van der Waals surface area contributed by atoms with Gasteiger partial charge in [-0.1, -0.05) is 17.7 Å². The van der Waals surface area contributed by atoms with E-state index in [0.717, 1.165) is 57.4 Å². The molecule has 13 heteroatoms. The minimum Gasteiger partial charge on any atom is -0.506 e. The maximum absolute atomic E-state index is 12.6. The fourth-order valence-electron chi connectivity index (χ4n) is 4.61. The molecule has 40 heavy (non-hydrogen) atoms. The molecule has 0 spiro atoms. The van der Waals surface area contributed by atoms with Crippen molar-refractivity contribution in [2.24, 2.45) is 0 Å². The number of benzene rings is 2. The molecule has 0 unspecified atom stereocenters. The minimum absolute atomic E-state index is 0. The Balaban J connectivity index is 0.00000336. The van der Waals surface area contributed by atoms with E-state index in [1.54, 1.807) is 30.3 Å². The smallest absolute Gasteiger partial charge is 0.255 e. The van der Waals surface area contributed by atoms with Crippen molar-refractivity contribution in [2.45, 2.75) is 45.1 Å². The Hall–Kier alpha value is -3.71. The number of aromatic hydroxyl groups is 1. The molecular weight excluding hydrogens is 532 g/mol. The number of aromatic nitrogens is 3. The molecule has 1 amide bonds. The van der Waals surface area contributed by atoms with E-state index >= 15 is 0 Å². The van der Waals surface area contributed by atoms with Crippen LogP contribution >= 0.6 is 12.4 Å². The molecule has 0 saturated carbocycles. The number of carbonyl (C=O) groups is 1. The summed E-state index contributed by atoms with van der Waals surface area (Å²) in [4.78, 5) is 28.8. The standard InChI is InChI=1S/C27H34N8O2.ClH.2H3N.2H2/c1-18-5-7-19(8-6-18)24(37)31-22-10-9-21(17-23(22)36)30-26-32-25(29-20-11-13-28-14-12-20)33-27(34-26)35-15-3-2-4-16-35;;;;;/h5-10,17,20,28,36H,2-4,11-16H2,1H3,(H,31,37)(H2,29,30,32,33,34);1H;2*1H3;2*1H. The summed E-state index contributed by atoms with van der Waals surface area (Å²) in [5.74, 6) is 1.27. The lowest BCUT2D eigenvalue weighted by Gasteiger charge is -2.28. The molecule has 5 rings (SSSR count). The van der Waals surface area contributed by atoms with Gasteiger partial charge in [-0.05, 0) is 76.4 Å². The molecule has 12 nitrogen and oxygen atoms in total. The summed E-state index contributed by atoms with van der Waals surface area (Å²) in [5, 5.41) is 23.4. The Kier molecular flexibility index (Phi) is 12.3. The zero-order valence-corrected chi connectivity index (χ0v) is 23.8. The number of hydrogen-bond acceptors (Lipinski definition) is 11. The summed E-state index contributed by atoms with van der Waals surface area (Å²) in [6.45, 7) is 5.75. The summed E-state index contributed by atoms with van der Waals surface area (Å²) in [6.07, 6.45) is 5.48. The van der Waals surface area contributed by atoms with Crippen LogP contribution in [0.15, 0.2) is 42.5 Å². The number of phenolic OH excluding ortho intramolecular Hbond substituents is 1.